The molecule has 17 heavy (non-hydrogen) atoms. The van der Waals surface area contributed by atoms with E-state index in [-0.39, 0.29) is 5.69 Å². The number of anilines is 1. The molecule has 0 amide bonds. The lowest BCUT2D eigenvalue weighted by atomic mass is 10.3. The van der Waals surface area contributed by atoms with Crippen molar-refractivity contribution in [3.63, 3.8) is 0 Å². The van der Waals surface area contributed by atoms with Crippen LogP contribution >= 0.6 is 0 Å². The number of nitrogens with zero attached hydrogens (tertiary/aromatic N) is 1. The van der Waals surface area contributed by atoms with Crippen molar-refractivity contribution in [3.05, 3.63) is 23.8 Å². The fourth-order valence-electron chi connectivity index (χ4n) is 1.84. The molecule has 7 heteroatoms. The molecule has 1 aromatic carbocycles. The minimum atomic E-state index is -3.98. The predicted molar refractivity (Wildman–Crippen MR) is 58.8 cm³/mol. The molecular weight excluding hydrogens is 250 g/mol. The minimum absolute atomic E-state index is 0.110. The normalized spacial score (nSPS) is 17.5. The third-order valence-corrected chi connectivity index (χ3v) is 4.60. The highest BCUT2D eigenvalue weighted by Crippen LogP contribution is 2.26. The van der Waals surface area contributed by atoms with Gasteiger partial charge in [-0.1, -0.05) is 0 Å². The summed E-state index contributed by atoms with van der Waals surface area (Å²) in [5.41, 5.74) is 5.22. The van der Waals surface area contributed by atoms with Crippen LogP contribution in [0.1, 0.15) is 12.8 Å². The van der Waals surface area contributed by atoms with Crippen LogP contribution in [-0.4, -0.2) is 25.8 Å². The van der Waals surface area contributed by atoms with Gasteiger partial charge in [0.15, 0.2) is 11.6 Å². The Balaban J connectivity index is 2.52. The van der Waals surface area contributed by atoms with Gasteiger partial charge < -0.3 is 5.73 Å². The van der Waals surface area contributed by atoms with Crippen LogP contribution in [-0.2, 0) is 10.0 Å². The first-order valence-corrected chi connectivity index (χ1v) is 6.61. The van der Waals surface area contributed by atoms with Gasteiger partial charge >= 0.3 is 0 Å². The Labute approximate surface area is 98.1 Å². The first-order chi connectivity index (χ1) is 7.93. The molecule has 0 bridgehead atoms. The summed E-state index contributed by atoms with van der Waals surface area (Å²) in [5.74, 6) is -2.62. The zero-order chi connectivity index (χ0) is 12.6. The zero-order valence-electron chi connectivity index (χ0n) is 8.99. The van der Waals surface area contributed by atoms with E-state index in [0.717, 1.165) is 29.3 Å². The van der Waals surface area contributed by atoms with Crippen LogP contribution in [0.3, 0.4) is 0 Å². The van der Waals surface area contributed by atoms with E-state index < -0.39 is 26.6 Å². The van der Waals surface area contributed by atoms with E-state index in [1.165, 1.54) is 0 Å². The van der Waals surface area contributed by atoms with Gasteiger partial charge in [0, 0.05) is 18.8 Å². The van der Waals surface area contributed by atoms with Crippen LogP contribution in [0.25, 0.3) is 0 Å². The van der Waals surface area contributed by atoms with Crippen molar-refractivity contribution >= 4 is 15.7 Å². The lowest BCUT2D eigenvalue weighted by Crippen LogP contribution is -2.29. The molecule has 1 heterocycles. The largest absolute Gasteiger partial charge is 0.399 e. The predicted octanol–water partition coefficient (Wildman–Crippen LogP) is 1.33. The number of hydrogen-bond donors (Lipinski definition) is 1. The Hall–Kier alpha value is -1.21. The van der Waals surface area contributed by atoms with Crippen molar-refractivity contribution in [1.29, 1.82) is 0 Å². The number of nitrogen functional groups attached to an aromatic ring is 1. The third-order valence-electron chi connectivity index (χ3n) is 2.70. The van der Waals surface area contributed by atoms with Crippen LogP contribution in [0, 0.1) is 11.6 Å². The van der Waals surface area contributed by atoms with Crippen molar-refractivity contribution in [2.24, 2.45) is 0 Å². The summed E-state index contributed by atoms with van der Waals surface area (Å²) in [7, 11) is -3.98. The number of hydrogen-bond acceptors (Lipinski definition) is 3. The molecule has 1 aliphatic rings. The average molecular weight is 262 g/mol. The van der Waals surface area contributed by atoms with Crippen LogP contribution in [0.15, 0.2) is 17.0 Å². The second-order valence-electron chi connectivity index (χ2n) is 3.93. The Bertz CT molecular complexity index is 539. The van der Waals surface area contributed by atoms with Crippen LogP contribution in [0.2, 0.25) is 0 Å². The SMILES string of the molecule is Nc1cc(F)c(F)c(S(=O)(=O)N2CCCC2)c1. The van der Waals surface area contributed by atoms with Gasteiger partial charge in [-0.05, 0) is 25.0 Å². The Kier molecular flexibility index (Phi) is 3.05. The first kappa shape index (κ1) is 12.3. The molecule has 1 aliphatic heterocycles. The molecule has 1 saturated heterocycles. The van der Waals surface area contributed by atoms with Gasteiger partial charge in [0.2, 0.25) is 10.0 Å². The van der Waals surface area contributed by atoms with Crippen molar-refractivity contribution in [2.45, 2.75) is 17.7 Å². The number of benzene rings is 1. The highest BCUT2D eigenvalue weighted by Gasteiger charge is 2.31. The molecule has 0 unspecified atom stereocenters. The molecule has 0 spiro atoms. The van der Waals surface area contributed by atoms with E-state index in [0.29, 0.717) is 13.1 Å². The fraction of sp³-hybridized carbons (Fsp3) is 0.400. The monoisotopic (exact) mass is 262 g/mol. The summed E-state index contributed by atoms with van der Waals surface area (Å²) in [5, 5.41) is 0. The van der Waals surface area contributed by atoms with Crippen LogP contribution < -0.4 is 5.73 Å². The summed E-state index contributed by atoms with van der Waals surface area (Å²) in [6.45, 7) is 0.663. The number of sulfonamides is 1. The van der Waals surface area contributed by atoms with E-state index >= 15 is 0 Å². The fourth-order valence-corrected chi connectivity index (χ4v) is 3.47. The molecule has 4 nitrogen and oxygen atoms in total. The van der Waals surface area contributed by atoms with Gasteiger partial charge in [0.1, 0.15) is 4.90 Å². The second kappa shape index (κ2) is 4.23. The summed E-state index contributed by atoms with van der Waals surface area (Å²) >= 11 is 0. The van der Waals surface area contributed by atoms with Gasteiger partial charge in [-0.2, -0.15) is 4.31 Å². The van der Waals surface area contributed by atoms with Crippen LogP contribution in [0.5, 0.6) is 0 Å². The quantitative estimate of drug-likeness (QED) is 0.818. The molecule has 0 aliphatic carbocycles. The third kappa shape index (κ3) is 2.12. The standard InChI is InChI=1S/C10H12F2N2O2S/c11-8-5-7(13)6-9(10(8)12)17(15,16)14-3-1-2-4-14/h5-6H,1-4,13H2. The molecule has 1 fully saturated rings. The minimum Gasteiger partial charge on any atom is -0.399 e. The van der Waals surface area contributed by atoms with Gasteiger partial charge in [-0.15, -0.1) is 0 Å². The molecule has 0 aromatic heterocycles. The topological polar surface area (TPSA) is 63.4 Å². The van der Waals surface area contributed by atoms with Crippen molar-refractivity contribution < 1.29 is 17.2 Å². The first-order valence-electron chi connectivity index (χ1n) is 5.17. The highest BCUT2D eigenvalue weighted by atomic mass is 32.2. The maximum absolute atomic E-state index is 13.5. The highest BCUT2D eigenvalue weighted by molar-refractivity contribution is 7.89. The van der Waals surface area contributed by atoms with Gasteiger partial charge in [-0.25, -0.2) is 17.2 Å². The Morgan fingerprint density at radius 3 is 2.35 bits per heavy atom. The van der Waals surface area contributed by atoms with Gasteiger partial charge in [-0.3, -0.25) is 0 Å². The summed E-state index contributed by atoms with van der Waals surface area (Å²) in [6.07, 6.45) is 1.46. The molecule has 2 rings (SSSR count). The van der Waals surface area contributed by atoms with E-state index in [2.05, 4.69) is 0 Å². The Morgan fingerprint density at radius 2 is 1.76 bits per heavy atom. The van der Waals surface area contributed by atoms with Gasteiger partial charge in [0.05, 0.1) is 0 Å². The van der Waals surface area contributed by atoms with Crippen molar-refractivity contribution in [1.82, 2.24) is 4.31 Å². The summed E-state index contributed by atoms with van der Waals surface area (Å²) < 4.78 is 51.8. The second-order valence-corrected chi connectivity index (χ2v) is 5.83. The summed E-state index contributed by atoms with van der Waals surface area (Å²) in [6, 6.07) is 1.71. The van der Waals surface area contributed by atoms with E-state index in [4.69, 9.17) is 5.73 Å². The average Bonchev–Trinajstić information content (AvgIpc) is 2.76. The number of halogens is 2. The molecule has 2 N–H and O–H groups in total. The van der Waals surface area contributed by atoms with Gasteiger partial charge in [0.25, 0.3) is 0 Å². The molecule has 94 valence electrons. The smallest absolute Gasteiger partial charge is 0.246 e. The maximum atomic E-state index is 13.5. The lowest BCUT2D eigenvalue weighted by molar-refractivity contribution is 0.454. The molecule has 0 saturated carbocycles. The maximum Gasteiger partial charge on any atom is 0.246 e. The van der Waals surface area contributed by atoms with E-state index in [9.17, 15) is 17.2 Å². The van der Waals surface area contributed by atoms with Crippen molar-refractivity contribution in [3.8, 4) is 0 Å². The molecule has 0 radical (unpaired) electrons. The van der Waals surface area contributed by atoms with Crippen LogP contribution in [0.4, 0.5) is 14.5 Å². The summed E-state index contributed by atoms with van der Waals surface area (Å²) in [4.78, 5) is -0.683. The number of nitrogens with two attached hydrogens (primary N) is 1. The molecular formula is C10H12F2N2O2S. The Morgan fingerprint density at radius 1 is 1.18 bits per heavy atom. The molecule has 0 atom stereocenters. The van der Waals surface area contributed by atoms with Crippen molar-refractivity contribution in [2.75, 3.05) is 18.8 Å². The van der Waals surface area contributed by atoms with E-state index in [1.54, 1.807) is 0 Å². The lowest BCUT2D eigenvalue weighted by Gasteiger charge is -2.16. The van der Waals surface area contributed by atoms with E-state index in [1.807, 2.05) is 0 Å². The number of rotatable bonds is 2. The molecule has 1 aromatic rings. The zero-order valence-corrected chi connectivity index (χ0v) is 9.80.